The van der Waals surface area contributed by atoms with Gasteiger partial charge in [-0.1, -0.05) is 0 Å². The molecule has 208 valence electrons. The van der Waals surface area contributed by atoms with Crippen molar-refractivity contribution in [2.45, 2.75) is 19.9 Å². The van der Waals surface area contributed by atoms with E-state index in [0.717, 1.165) is 51.1 Å². The number of hydrogen-bond acceptors (Lipinski definition) is 7. The van der Waals surface area contributed by atoms with Crippen molar-refractivity contribution in [3.05, 3.63) is 72.9 Å². The standard InChI is InChI=1S/C31H32FN9/c1-18(2)36-23-13-20(16-33-17-23)25-5-6-27-30(38-25)31(40-39-27)28-15-24-26(37-28)7-8-35-29(24)19-11-21(32)14-22(12-19)34-9-10-41(3)4/h5-8,11-18,34,36-37H,9-10H2,1-4H3,(H,39,40). The third-order valence-corrected chi connectivity index (χ3v) is 6.76. The van der Waals surface area contributed by atoms with Gasteiger partial charge in [0.15, 0.2) is 0 Å². The zero-order valence-electron chi connectivity index (χ0n) is 23.5. The van der Waals surface area contributed by atoms with E-state index in [2.05, 4.69) is 54.5 Å². The first-order valence-corrected chi connectivity index (χ1v) is 13.6. The van der Waals surface area contributed by atoms with Crippen LogP contribution in [0.4, 0.5) is 15.8 Å². The van der Waals surface area contributed by atoms with E-state index in [1.807, 2.05) is 62.9 Å². The van der Waals surface area contributed by atoms with Crippen molar-refractivity contribution in [2.24, 2.45) is 0 Å². The predicted molar refractivity (Wildman–Crippen MR) is 163 cm³/mol. The summed E-state index contributed by atoms with van der Waals surface area (Å²) in [6.45, 7) is 5.72. The molecule has 0 bridgehead atoms. The highest BCUT2D eigenvalue weighted by Crippen LogP contribution is 2.34. The summed E-state index contributed by atoms with van der Waals surface area (Å²) in [5, 5.41) is 15.3. The zero-order valence-corrected chi connectivity index (χ0v) is 23.5. The normalized spacial score (nSPS) is 11.7. The summed E-state index contributed by atoms with van der Waals surface area (Å²) in [5.74, 6) is -0.318. The molecule has 0 aliphatic carbocycles. The van der Waals surface area contributed by atoms with Crippen molar-refractivity contribution in [1.82, 2.24) is 35.0 Å². The van der Waals surface area contributed by atoms with Crippen LogP contribution in [0.1, 0.15) is 13.8 Å². The van der Waals surface area contributed by atoms with Crippen molar-refractivity contribution in [2.75, 3.05) is 37.8 Å². The van der Waals surface area contributed by atoms with Gasteiger partial charge in [-0.15, -0.1) is 0 Å². The molecule has 6 rings (SSSR count). The maximum absolute atomic E-state index is 14.7. The molecule has 4 N–H and O–H groups in total. The van der Waals surface area contributed by atoms with Gasteiger partial charge in [0.05, 0.1) is 28.3 Å². The number of anilines is 2. The number of pyridine rings is 3. The molecular formula is C31H32FN9. The molecular weight excluding hydrogens is 517 g/mol. The quantitative estimate of drug-likeness (QED) is 0.171. The summed E-state index contributed by atoms with van der Waals surface area (Å²) in [6, 6.07) is 15.1. The van der Waals surface area contributed by atoms with Crippen LogP contribution in [0, 0.1) is 5.82 Å². The Bertz CT molecular complexity index is 1840. The smallest absolute Gasteiger partial charge is 0.135 e. The molecule has 0 saturated carbocycles. The summed E-state index contributed by atoms with van der Waals surface area (Å²) in [7, 11) is 4.01. The maximum atomic E-state index is 14.7. The van der Waals surface area contributed by atoms with Crippen molar-refractivity contribution in [1.29, 1.82) is 0 Å². The lowest BCUT2D eigenvalue weighted by atomic mass is 10.1. The van der Waals surface area contributed by atoms with Gasteiger partial charge in [0, 0.05) is 65.4 Å². The van der Waals surface area contributed by atoms with Crippen molar-refractivity contribution in [3.63, 3.8) is 0 Å². The number of nitrogens with one attached hydrogen (secondary N) is 4. The lowest BCUT2D eigenvalue weighted by molar-refractivity contribution is 0.425. The van der Waals surface area contributed by atoms with Gasteiger partial charge < -0.3 is 20.5 Å². The van der Waals surface area contributed by atoms with Crippen molar-refractivity contribution < 1.29 is 4.39 Å². The highest BCUT2D eigenvalue weighted by molar-refractivity contribution is 5.99. The molecule has 41 heavy (non-hydrogen) atoms. The Hall–Kier alpha value is -4.83. The number of nitrogens with zero attached hydrogens (tertiary/aromatic N) is 5. The molecule has 5 heterocycles. The van der Waals surface area contributed by atoms with E-state index in [0.29, 0.717) is 35.2 Å². The van der Waals surface area contributed by atoms with Gasteiger partial charge in [-0.05, 0) is 76.5 Å². The van der Waals surface area contributed by atoms with Crippen LogP contribution in [0.3, 0.4) is 0 Å². The lowest BCUT2D eigenvalue weighted by Gasteiger charge is -2.12. The third-order valence-electron chi connectivity index (χ3n) is 6.76. The van der Waals surface area contributed by atoms with Crippen LogP contribution < -0.4 is 10.6 Å². The number of halogens is 1. The van der Waals surface area contributed by atoms with Crippen molar-refractivity contribution >= 4 is 33.3 Å². The SMILES string of the molecule is CC(C)Nc1cncc(-c2ccc3[nH]nc(-c4cc5c(-c6cc(F)cc(NCCN(C)C)c6)nccc5[nH]4)c3n2)c1. The van der Waals surface area contributed by atoms with Crippen LogP contribution in [-0.2, 0) is 0 Å². The Morgan fingerprint density at radius 2 is 1.78 bits per heavy atom. The minimum absolute atomic E-state index is 0.294. The van der Waals surface area contributed by atoms with Crippen LogP contribution in [-0.4, -0.2) is 68.3 Å². The first-order valence-electron chi connectivity index (χ1n) is 13.6. The Kier molecular flexibility index (Phi) is 7.07. The topological polar surface area (TPSA) is 110 Å². The fraction of sp³-hybridized carbons (Fsp3) is 0.226. The van der Waals surface area contributed by atoms with Gasteiger partial charge in [0.25, 0.3) is 0 Å². The van der Waals surface area contributed by atoms with Gasteiger partial charge in [-0.2, -0.15) is 5.10 Å². The maximum Gasteiger partial charge on any atom is 0.135 e. The number of aromatic nitrogens is 6. The number of rotatable bonds is 9. The van der Waals surface area contributed by atoms with Crippen LogP contribution >= 0.6 is 0 Å². The molecule has 0 unspecified atom stereocenters. The molecule has 0 aliphatic heterocycles. The molecule has 0 spiro atoms. The minimum atomic E-state index is -0.318. The number of aromatic amines is 2. The summed E-state index contributed by atoms with van der Waals surface area (Å²) in [6.07, 6.45) is 5.35. The molecule has 0 atom stereocenters. The Morgan fingerprint density at radius 1 is 0.927 bits per heavy atom. The number of benzene rings is 1. The van der Waals surface area contributed by atoms with Gasteiger partial charge >= 0.3 is 0 Å². The molecule has 0 saturated heterocycles. The Balaban J connectivity index is 1.37. The van der Waals surface area contributed by atoms with Crippen LogP contribution in [0.5, 0.6) is 0 Å². The van der Waals surface area contributed by atoms with Crippen LogP contribution in [0.2, 0.25) is 0 Å². The number of hydrogen-bond donors (Lipinski definition) is 4. The number of fused-ring (bicyclic) bond motifs is 2. The van der Waals surface area contributed by atoms with E-state index in [4.69, 9.17) is 4.98 Å². The van der Waals surface area contributed by atoms with E-state index in [9.17, 15) is 4.39 Å². The molecule has 0 amide bonds. The second kappa shape index (κ2) is 11.0. The molecule has 5 aromatic heterocycles. The highest BCUT2D eigenvalue weighted by atomic mass is 19.1. The van der Waals surface area contributed by atoms with E-state index in [1.54, 1.807) is 6.20 Å². The summed E-state index contributed by atoms with van der Waals surface area (Å²) >= 11 is 0. The molecule has 0 radical (unpaired) electrons. The number of likely N-dealkylation sites (N-methyl/N-ethyl adjacent to an activating group) is 1. The molecule has 10 heteroatoms. The van der Waals surface area contributed by atoms with E-state index < -0.39 is 0 Å². The predicted octanol–water partition coefficient (Wildman–Crippen LogP) is 6.16. The van der Waals surface area contributed by atoms with Crippen LogP contribution in [0.25, 0.3) is 55.8 Å². The molecule has 6 aromatic rings. The second-order valence-corrected chi connectivity index (χ2v) is 10.7. The molecule has 0 fully saturated rings. The van der Waals surface area contributed by atoms with Gasteiger partial charge in [-0.25, -0.2) is 9.37 Å². The second-order valence-electron chi connectivity index (χ2n) is 10.7. The summed E-state index contributed by atoms with van der Waals surface area (Å²) in [4.78, 5) is 19.5. The monoisotopic (exact) mass is 549 g/mol. The lowest BCUT2D eigenvalue weighted by Crippen LogP contribution is -2.20. The van der Waals surface area contributed by atoms with Gasteiger partial charge in [0.1, 0.15) is 17.0 Å². The first-order chi connectivity index (χ1) is 19.8. The van der Waals surface area contributed by atoms with E-state index in [-0.39, 0.29) is 5.82 Å². The van der Waals surface area contributed by atoms with Gasteiger partial charge in [0.2, 0.25) is 0 Å². The molecule has 0 aliphatic rings. The minimum Gasteiger partial charge on any atom is -0.384 e. The molecule has 9 nitrogen and oxygen atoms in total. The van der Waals surface area contributed by atoms with Crippen LogP contribution in [0.15, 0.2) is 67.1 Å². The molecule has 1 aromatic carbocycles. The third kappa shape index (κ3) is 5.59. The fourth-order valence-corrected chi connectivity index (χ4v) is 4.90. The first kappa shape index (κ1) is 26.4. The fourth-order valence-electron chi connectivity index (χ4n) is 4.90. The Labute approximate surface area is 237 Å². The summed E-state index contributed by atoms with van der Waals surface area (Å²) < 4.78 is 14.7. The average molecular weight is 550 g/mol. The summed E-state index contributed by atoms with van der Waals surface area (Å²) in [5.41, 5.74) is 8.68. The van der Waals surface area contributed by atoms with Crippen molar-refractivity contribution in [3.8, 4) is 33.9 Å². The Morgan fingerprint density at radius 3 is 2.61 bits per heavy atom. The van der Waals surface area contributed by atoms with E-state index in [1.165, 1.54) is 12.1 Å². The average Bonchev–Trinajstić information content (AvgIpc) is 3.56. The largest absolute Gasteiger partial charge is 0.384 e. The van der Waals surface area contributed by atoms with Gasteiger partial charge in [-0.3, -0.25) is 15.1 Å². The number of H-pyrrole nitrogens is 2. The van der Waals surface area contributed by atoms with E-state index >= 15 is 0 Å². The highest BCUT2D eigenvalue weighted by Gasteiger charge is 2.17. The zero-order chi connectivity index (χ0) is 28.5.